The highest BCUT2D eigenvalue weighted by atomic mass is 35.5. The fourth-order valence-corrected chi connectivity index (χ4v) is 10.9. The van der Waals surface area contributed by atoms with Crippen molar-refractivity contribution in [2.75, 3.05) is 77.9 Å². The fourth-order valence-electron chi connectivity index (χ4n) is 7.49. The minimum Gasteiger partial charge on any atom is -0.378 e. The van der Waals surface area contributed by atoms with E-state index in [1.54, 1.807) is 20.7 Å². The molecule has 2 heterocycles. The molecule has 1 saturated carbocycles. The Morgan fingerprint density at radius 1 is 0.750 bits per heavy atom. The first kappa shape index (κ1) is 37.3. The molecule has 3 aliphatic rings. The Kier molecular flexibility index (Phi) is 13.1. The highest BCUT2D eigenvalue weighted by Gasteiger charge is 2.35. The van der Waals surface area contributed by atoms with E-state index in [0.717, 1.165) is 50.1 Å². The van der Waals surface area contributed by atoms with Gasteiger partial charge in [-0.05, 0) is 111 Å². The Bertz CT molecular complexity index is 1570. The summed E-state index contributed by atoms with van der Waals surface area (Å²) >= 11 is 6.24. The van der Waals surface area contributed by atoms with E-state index in [9.17, 15) is 16.8 Å². The second-order valence-electron chi connectivity index (χ2n) is 14.1. The molecule has 2 aliphatic heterocycles. The molecule has 0 spiro atoms. The van der Waals surface area contributed by atoms with Gasteiger partial charge in [-0.15, -0.1) is 0 Å². The van der Waals surface area contributed by atoms with Crippen molar-refractivity contribution < 1.29 is 16.8 Å². The molecule has 0 N–H and O–H groups in total. The van der Waals surface area contributed by atoms with Gasteiger partial charge in [0.25, 0.3) is 10.2 Å². The van der Waals surface area contributed by atoms with E-state index in [-0.39, 0.29) is 23.9 Å². The molecule has 9 nitrogen and oxygen atoms in total. The Balaban J connectivity index is 1.34. The quantitative estimate of drug-likeness (QED) is 0.309. The third-order valence-corrected chi connectivity index (χ3v) is 14.3. The fraction of sp³-hybridized carbons (Fsp3) is 0.611. The molecule has 2 aromatic rings. The largest absolute Gasteiger partial charge is 0.378 e. The van der Waals surface area contributed by atoms with Crippen LogP contribution in [0, 0.1) is 5.92 Å². The van der Waals surface area contributed by atoms with Gasteiger partial charge in [-0.2, -0.15) is 21.3 Å². The Morgan fingerprint density at radius 2 is 1.38 bits per heavy atom. The van der Waals surface area contributed by atoms with E-state index in [4.69, 9.17) is 11.6 Å². The molecular formula is C36H54ClN5O4S2. The molecule has 0 unspecified atom stereocenters. The molecule has 5 rings (SSSR count). The molecule has 2 aromatic carbocycles. The zero-order valence-corrected chi connectivity index (χ0v) is 31.2. The number of benzene rings is 2. The summed E-state index contributed by atoms with van der Waals surface area (Å²) in [5.41, 5.74) is 2.64. The first-order chi connectivity index (χ1) is 22.9. The molecule has 3 fully saturated rings. The summed E-state index contributed by atoms with van der Waals surface area (Å²) in [4.78, 5) is 4.62. The summed E-state index contributed by atoms with van der Waals surface area (Å²) in [7, 11) is -3.78. The van der Waals surface area contributed by atoms with Crippen molar-refractivity contribution in [2.45, 2.75) is 68.6 Å². The molecular weight excluding hydrogens is 666 g/mol. The van der Waals surface area contributed by atoms with E-state index in [1.165, 1.54) is 36.4 Å². The highest BCUT2D eigenvalue weighted by molar-refractivity contribution is 7.89. The number of piperidine rings is 1. The smallest absolute Gasteiger partial charge is 0.282 e. The molecule has 48 heavy (non-hydrogen) atoms. The number of rotatable bonds is 8. The first-order valence-electron chi connectivity index (χ1n) is 17.6. The summed E-state index contributed by atoms with van der Waals surface area (Å²) in [5, 5.41) is 0.694. The van der Waals surface area contributed by atoms with Crippen molar-refractivity contribution >= 4 is 37.5 Å². The van der Waals surface area contributed by atoms with Crippen molar-refractivity contribution in [3.8, 4) is 0 Å². The van der Waals surface area contributed by atoms with Crippen LogP contribution in [0.2, 0.25) is 5.02 Å². The molecule has 0 atom stereocenters. The maximum atomic E-state index is 14.2. The second kappa shape index (κ2) is 16.8. The predicted molar refractivity (Wildman–Crippen MR) is 196 cm³/mol. The molecule has 2 saturated heterocycles. The van der Waals surface area contributed by atoms with Gasteiger partial charge < -0.3 is 9.80 Å². The van der Waals surface area contributed by atoms with Crippen LogP contribution in [0.5, 0.6) is 0 Å². The number of hydrogen-bond acceptors (Lipinski definition) is 6. The van der Waals surface area contributed by atoms with Gasteiger partial charge in [-0.25, -0.2) is 8.42 Å². The molecule has 0 amide bonds. The van der Waals surface area contributed by atoms with E-state index in [0.29, 0.717) is 49.1 Å². The maximum absolute atomic E-state index is 14.2. The number of hydrogen-bond donors (Lipinski definition) is 0. The Morgan fingerprint density at radius 3 is 2.00 bits per heavy atom. The van der Waals surface area contributed by atoms with Crippen LogP contribution in [-0.2, 0) is 20.2 Å². The van der Waals surface area contributed by atoms with Crippen molar-refractivity contribution in [1.29, 1.82) is 0 Å². The van der Waals surface area contributed by atoms with Crippen molar-refractivity contribution in [3.05, 3.63) is 71.3 Å². The maximum Gasteiger partial charge on any atom is 0.282 e. The number of nitrogens with zero attached hydrogens (tertiary/aromatic N) is 5. The normalized spacial score (nSPS) is 21.9. The van der Waals surface area contributed by atoms with Crippen LogP contribution < -0.4 is 4.90 Å². The van der Waals surface area contributed by atoms with Crippen molar-refractivity contribution in [3.63, 3.8) is 0 Å². The summed E-state index contributed by atoms with van der Waals surface area (Å²) in [6.07, 6.45) is 9.16. The molecule has 1 aliphatic carbocycles. The first-order valence-corrected chi connectivity index (χ1v) is 20.8. The number of halogens is 1. The molecule has 0 bridgehead atoms. The van der Waals surface area contributed by atoms with Gasteiger partial charge in [-0.1, -0.05) is 49.6 Å². The average Bonchev–Trinajstić information content (AvgIpc) is 3.07. The number of anilines is 1. The summed E-state index contributed by atoms with van der Waals surface area (Å²) in [6.45, 7) is 8.52. The van der Waals surface area contributed by atoms with Gasteiger partial charge >= 0.3 is 0 Å². The van der Waals surface area contributed by atoms with Crippen LogP contribution >= 0.6 is 11.6 Å². The standard InChI is InChI=1S/C36H54ClN5O4S2/c1-30-27-41(47(43,44)36-16-14-35(15-17-36)38(2)3)22-8-20-39(29-31-10-5-4-6-11-31)21-9-23-42(28-30)48(45,46)40-24-18-32(19-25-40)33-12-7-13-34(37)26-33/h7,12-17,26,31-32H,1,4-6,8-11,18-25,27-29H2,2-3H3. The van der Waals surface area contributed by atoms with Crippen LogP contribution in [0.15, 0.2) is 65.6 Å². The Labute approximate surface area is 294 Å². The minimum atomic E-state index is -3.83. The average molecular weight is 720 g/mol. The van der Waals surface area contributed by atoms with Gasteiger partial charge in [0.1, 0.15) is 0 Å². The molecule has 0 aromatic heterocycles. The van der Waals surface area contributed by atoms with Crippen molar-refractivity contribution in [2.24, 2.45) is 5.92 Å². The summed E-state index contributed by atoms with van der Waals surface area (Å²) < 4.78 is 61.2. The van der Waals surface area contributed by atoms with E-state index in [1.807, 2.05) is 49.3 Å². The monoisotopic (exact) mass is 719 g/mol. The molecule has 12 heteroatoms. The minimum absolute atomic E-state index is 0.0727. The van der Waals surface area contributed by atoms with Crippen LogP contribution in [0.25, 0.3) is 0 Å². The van der Waals surface area contributed by atoms with Gasteiger partial charge in [0.05, 0.1) is 4.90 Å². The lowest BCUT2D eigenvalue weighted by atomic mass is 9.89. The second-order valence-corrected chi connectivity index (χ2v) is 18.4. The zero-order chi connectivity index (χ0) is 34.3. The number of sulfonamides is 1. The predicted octanol–water partition coefficient (Wildman–Crippen LogP) is 6.06. The van der Waals surface area contributed by atoms with Gasteiger partial charge in [-0.3, -0.25) is 0 Å². The topological polar surface area (TPSA) is 84.5 Å². The van der Waals surface area contributed by atoms with Gasteiger partial charge in [0, 0.05) is 70.6 Å². The zero-order valence-electron chi connectivity index (χ0n) is 28.8. The third-order valence-electron chi connectivity index (χ3n) is 10.2. The highest BCUT2D eigenvalue weighted by Crippen LogP contribution is 2.32. The lowest BCUT2D eigenvalue weighted by Gasteiger charge is -2.36. The summed E-state index contributed by atoms with van der Waals surface area (Å²) in [6, 6.07) is 14.8. The molecule has 0 radical (unpaired) electrons. The SMILES string of the molecule is C=C1CN(S(=O)(=O)c2ccc(N(C)C)cc2)CCCN(CC2CCCCC2)CCCN(S(=O)(=O)N2CCC(c3cccc(Cl)c3)CC2)C1. The lowest BCUT2D eigenvalue weighted by Crippen LogP contribution is -2.49. The lowest BCUT2D eigenvalue weighted by molar-refractivity contribution is 0.187. The molecule has 266 valence electrons. The van der Waals surface area contributed by atoms with E-state index in [2.05, 4.69) is 17.5 Å². The van der Waals surface area contributed by atoms with E-state index >= 15 is 0 Å². The van der Waals surface area contributed by atoms with Crippen LogP contribution in [0.4, 0.5) is 5.69 Å². The summed E-state index contributed by atoms with van der Waals surface area (Å²) in [5.74, 6) is 0.900. The van der Waals surface area contributed by atoms with Crippen LogP contribution in [0.3, 0.4) is 0 Å². The van der Waals surface area contributed by atoms with E-state index < -0.39 is 20.2 Å². The van der Waals surface area contributed by atoms with Gasteiger partial charge in [0.2, 0.25) is 10.0 Å². The van der Waals surface area contributed by atoms with Crippen LogP contribution in [-0.4, -0.2) is 108 Å². The van der Waals surface area contributed by atoms with Gasteiger partial charge in [0.15, 0.2) is 0 Å². The Hall–Kier alpha value is -1.99. The van der Waals surface area contributed by atoms with Crippen molar-refractivity contribution in [1.82, 2.24) is 17.8 Å². The third kappa shape index (κ3) is 9.62. The van der Waals surface area contributed by atoms with Crippen LogP contribution in [0.1, 0.15) is 69.3 Å².